The van der Waals surface area contributed by atoms with Crippen LogP contribution in [-0.4, -0.2) is 40.3 Å². The number of halogens is 1. The lowest BCUT2D eigenvalue weighted by atomic mass is 10.1. The van der Waals surface area contributed by atoms with Gasteiger partial charge >= 0.3 is 0 Å². The van der Waals surface area contributed by atoms with Crippen LogP contribution < -0.4 is 14.4 Å². The van der Waals surface area contributed by atoms with Crippen LogP contribution in [-0.2, 0) is 14.8 Å². The van der Waals surface area contributed by atoms with Crippen molar-refractivity contribution >= 4 is 21.6 Å². The van der Waals surface area contributed by atoms with E-state index in [0.29, 0.717) is 19.6 Å². The number of anilines is 1. The molecule has 2 rings (SSSR count). The summed E-state index contributed by atoms with van der Waals surface area (Å²) in [5.74, 6) is 0.0419. The molecule has 0 unspecified atom stereocenters. The van der Waals surface area contributed by atoms with Crippen LogP contribution in [0.5, 0.6) is 5.75 Å². The first kappa shape index (κ1) is 22.7. The van der Waals surface area contributed by atoms with Crippen LogP contribution in [0, 0.1) is 19.7 Å². The van der Waals surface area contributed by atoms with Crippen LogP contribution in [0.25, 0.3) is 0 Å². The topological polar surface area (TPSA) is 75.7 Å². The molecule has 0 saturated carbocycles. The highest BCUT2D eigenvalue weighted by Gasteiger charge is 2.18. The maximum Gasteiger partial charge on any atom is 0.232 e. The van der Waals surface area contributed by atoms with Crippen LogP contribution in [0.2, 0.25) is 0 Å². The van der Waals surface area contributed by atoms with E-state index in [-0.39, 0.29) is 24.6 Å². The largest absolute Gasteiger partial charge is 0.492 e. The Labute approximate surface area is 171 Å². The van der Waals surface area contributed by atoms with Gasteiger partial charge in [-0.2, -0.15) is 0 Å². The monoisotopic (exact) mass is 422 g/mol. The molecule has 0 radical (unpaired) electrons. The summed E-state index contributed by atoms with van der Waals surface area (Å²) in [6.07, 6.45) is 1.53. The van der Waals surface area contributed by atoms with E-state index >= 15 is 0 Å². The van der Waals surface area contributed by atoms with Gasteiger partial charge in [-0.15, -0.1) is 0 Å². The summed E-state index contributed by atoms with van der Waals surface area (Å²) in [7, 11) is -3.58. The molecule has 0 fully saturated rings. The molecule has 0 heterocycles. The molecule has 0 atom stereocenters. The van der Waals surface area contributed by atoms with Gasteiger partial charge in [0.2, 0.25) is 15.9 Å². The lowest BCUT2D eigenvalue weighted by Gasteiger charge is -2.22. The summed E-state index contributed by atoms with van der Waals surface area (Å²) in [5, 5.41) is 2.75. The molecule has 158 valence electrons. The number of carbonyl (C=O) groups excluding carboxylic acids is 1. The summed E-state index contributed by atoms with van der Waals surface area (Å²) in [6, 6.07) is 11.2. The Morgan fingerprint density at radius 2 is 1.90 bits per heavy atom. The maximum absolute atomic E-state index is 13.4. The number of sulfonamides is 1. The van der Waals surface area contributed by atoms with Gasteiger partial charge in [-0.3, -0.25) is 9.10 Å². The number of benzene rings is 2. The smallest absolute Gasteiger partial charge is 0.232 e. The maximum atomic E-state index is 13.4. The highest BCUT2D eigenvalue weighted by molar-refractivity contribution is 7.92. The fourth-order valence-corrected chi connectivity index (χ4v) is 3.71. The van der Waals surface area contributed by atoms with Crippen molar-refractivity contribution in [3.63, 3.8) is 0 Å². The summed E-state index contributed by atoms with van der Waals surface area (Å²) in [6.45, 7) is 4.82. The minimum absolute atomic E-state index is 0.0921. The van der Waals surface area contributed by atoms with Gasteiger partial charge in [0.05, 0.1) is 18.5 Å². The van der Waals surface area contributed by atoms with Crippen LogP contribution in [0.4, 0.5) is 10.1 Å². The number of ether oxygens (including phenoxy) is 1. The molecule has 0 aliphatic heterocycles. The Morgan fingerprint density at radius 1 is 1.14 bits per heavy atom. The minimum Gasteiger partial charge on any atom is -0.492 e. The molecule has 0 bridgehead atoms. The molecule has 1 N–H and O–H groups in total. The fraction of sp³-hybridized carbons (Fsp3) is 0.381. The van der Waals surface area contributed by atoms with Gasteiger partial charge in [0.15, 0.2) is 0 Å². The average molecular weight is 423 g/mol. The molecular weight excluding hydrogens is 395 g/mol. The quantitative estimate of drug-likeness (QED) is 0.597. The predicted molar refractivity (Wildman–Crippen MR) is 112 cm³/mol. The predicted octanol–water partition coefficient (Wildman–Crippen LogP) is 3.18. The second-order valence-corrected chi connectivity index (χ2v) is 8.77. The second kappa shape index (κ2) is 10.2. The van der Waals surface area contributed by atoms with E-state index in [1.54, 1.807) is 0 Å². The van der Waals surface area contributed by atoms with E-state index in [4.69, 9.17) is 4.74 Å². The summed E-state index contributed by atoms with van der Waals surface area (Å²) in [5.41, 5.74) is 2.57. The molecular formula is C21H27FN2O4S. The van der Waals surface area contributed by atoms with Crippen molar-refractivity contribution in [3.8, 4) is 5.75 Å². The van der Waals surface area contributed by atoms with Gasteiger partial charge < -0.3 is 10.1 Å². The zero-order chi connectivity index (χ0) is 21.4. The lowest BCUT2D eigenvalue weighted by Crippen LogP contribution is -2.33. The Bertz CT molecular complexity index is 947. The molecule has 29 heavy (non-hydrogen) atoms. The molecule has 0 aliphatic carbocycles. The van der Waals surface area contributed by atoms with Crippen molar-refractivity contribution in [2.45, 2.75) is 26.7 Å². The van der Waals surface area contributed by atoms with Gasteiger partial charge in [-0.25, -0.2) is 12.8 Å². The molecule has 0 saturated heterocycles. The van der Waals surface area contributed by atoms with Crippen LogP contribution >= 0.6 is 0 Å². The van der Waals surface area contributed by atoms with Crippen molar-refractivity contribution in [1.29, 1.82) is 0 Å². The number of nitrogens with zero attached hydrogens (tertiary/aromatic N) is 1. The van der Waals surface area contributed by atoms with Crippen LogP contribution in [0.3, 0.4) is 0 Å². The standard InChI is InChI=1S/C21H27FN2O4S/c1-16-9-10-20(14-17(16)2)28-13-11-23-21(25)8-5-12-24(29(3,26)27)19-7-4-6-18(22)15-19/h4,6-7,9-10,14-15H,5,8,11-13H2,1-3H3,(H,23,25). The van der Waals surface area contributed by atoms with Crippen molar-refractivity contribution in [1.82, 2.24) is 5.32 Å². The molecule has 1 amide bonds. The molecule has 0 spiro atoms. The first-order valence-corrected chi connectivity index (χ1v) is 11.2. The van der Waals surface area contributed by atoms with E-state index in [2.05, 4.69) is 5.32 Å². The fourth-order valence-electron chi connectivity index (χ4n) is 2.75. The number of rotatable bonds is 10. The number of nitrogens with one attached hydrogen (secondary N) is 1. The Morgan fingerprint density at radius 3 is 2.55 bits per heavy atom. The number of hydrogen-bond donors (Lipinski definition) is 1. The van der Waals surface area contributed by atoms with Crippen molar-refractivity contribution < 1.29 is 22.3 Å². The van der Waals surface area contributed by atoms with E-state index in [0.717, 1.165) is 27.9 Å². The molecule has 8 heteroatoms. The van der Waals surface area contributed by atoms with E-state index < -0.39 is 15.8 Å². The number of hydrogen-bond acceptors (Lipinski definition) is 4. The summed E-state index contributed by atoms with van der Waals surface area (Å²) >= 11 is 0. The van der Waals surface area contributed by atoms with Crippen molar-refractivity contribution in [3.05, 3.63) is 59.4 Å². The lowest BCUT2D eigenvalue weighted by molar-refractivity contribution is -0.121. The van der Waals surface area contributed by atoms with Gasteiger partial charge in [0.1, 0.15) is 18.2 Å². The number of amides is 1. The van der Waals surface area contributed by atoms with Gasteiger partial charge in [-0.05, 0) is 61.7 Å². The third kappa shape index (κ3) is 7.38. The van der Waals surface area contributed by atoms with E-state index in [1.807, 2.05) is 32.0 Å². The van der Waals surface area contributed by atoms with Gasteiger partial charge in [0, 0.05) is 13.0 Å². The first-order chi connectivity index (χ1) is 13.7. The third-order valence-electron chi connectivity index (χ3n) is 4.43. The SMILES string of the molecule is Cc1ccc(OCCNC(=O)CCCN(c2cccc(F)c2)S(C)(=O)=O)cc1C. The van der Waals surface area contributed by atoms with E-state index in [9.17, 15) is 17.6 Å². The van der Waals surface area contributed by atoms with Gasteiger partial charge in [-0.1, -0.05) is 12.1 Å². The summed E-state index contributed by atoms with van der Waals surface area (Å²) in [4.78, 5) is 12.0. The summed E-state index contributed by atoms with van der Waals surface area (Å²) < 4.78 is 44.1. The van der Waals surface area contributed by atoms with Crippen LogP contribution in [0.1, 0.15) is 24.0 Å². The molecule has 2 aromatic rings. The van der Waals surface area contributed by atoms with Crippen molar-refractivity contribution in [2.24, 2.45) is 0 Å². The molecule has 0 aliphatic rings. The normalized spacial score (nSPS) is 11.2. The first-order valence-electron chi connectivity index (χ1n) is 9.37. The number of carbonyl (C=O) groups is 1. The Balaban J connectivity index is 1.75. The highest BCUT2D eigenvalue weighted by atomic mass is 32.2. The Kier molecular flexibility index (Phi) is 8.01. The van der Waals surface area contributed by atoms with Crippen molar-refractivity contribution in [2.75, 3.05) is 30.3 Å². The third-order valence-corrected chi connectivity index (χ3v) is 5.63. The average Bonchev–Trinajstić information content (AvgIpc) is 2.64. The van der Waals surface area contributed by atoms with E-state index in [1.165, 1.54) is 23.8 Å². The zero-order valence-electron chi connectivity index (χ0n) is 16.9. The second-order valence-electron chi connectivity index (χ2n) is 6.86. The van der Waals surface area contributed by atoms with Gasteiger partial charge in [0.25, 0.3) is 0 Å². The molecule has 0 aromatic heterocycles. The number of aryl methyl sites for hydroxylation is 2. The van der Waals surface area contributed by atoms with Crippen LogP contribution in [0.15, 0.2) is 42.5 Å². The molecule has 6 nitrogen and oxygen atoms in total. The minimum atomic E-state index is -3.58. The zero-order valence-corrected chi connectivity index (χ0v) is 17.8. The molecule has 2 aromatic carbocycles. The highest BCUT2D eigenvalue weighted by Crippen LogP contribution is 2.19. The Hall–Kier alpha value is -2.61.